The number of nitrogens with one attached hydrogen (secondary N) is 2. The molecule has 2 heterocycles. The maximum atomic E-state index is 13.0. The van der Waals surface area contributed by atoms with Crippen molar-refractivity contribution in [3.63, 3.8) is 0 Å². The number of halogens is 1. The summed E-state index contributed by atoms with van der Waals surface area (Å²) in [5.41, 5.74) is 0.928. The Morgan fingerprint density at radius 1 is 1.28 bits per heavy atom. The van der Waals surface area contributed by atoms with Crippen LogP contribution in [0.1, 0.15) is 49.8 Å². The molecule has 8 heteroatoms. The zero-order valence-corrected chi connectivity index (χ0v) is 18.4. The molecule has 2 aromatic rings. The highest BCUT2D eigenvalue weighted by molar-refractivity contribution is 5.99. The number of carbonyl (C=O) groups excluding carboxylic acids is 1. The predicted octanol–water partition coefficient (Wildman–Crippen LogP) is 3.20. The fourth-order valence-corrected chi connectivity index (χ4v) is 3.50. The Bertz CT molecular complexity index is 805. The first-order valence-corrected chi connectivity index (χ1v) is 9.76. The van der Waals surface area contributed by atoms with Gasteiger partial charge < -0.3 is 19.9 Å². The number of piperidine rings is 1. The molecule has 160 valence electrons. The third-order valence-electron chi connectivity index (χ3n) is 5.24. The molecule has 0 atom stereocenters. The molecule has 7 nitrogen and oxygen atoms in total. The van der Waals surface area contributed by atoms with Crippen LogP contribution in [0.4, 0.5) is 0 Å². The zero-order chi connectivity index (χ0) is 20.2. The van der Waals surface area contributed by atoms with Crippen LogP contribution in [0.25, 0.3) is 11.5 Å². The lowest BCUT2D eigenvalue weighted by molar-refractivity contribution is 0.0512. The summed E-state index contributed by atoms with van der Waals surface area (Å²) in [6.07, 6.45) is 1.95. The summed E-state index contributed by atoms with van der Waals surface area (Å²) in [6, 6.07) is 7.34. The number of hydrogen-bond donors (Lipinski definition) is 2. The number of amides is 1. The Morgan fingerprint density at radius 3 is 2.59 bits per heavy atom. The summed E-state index contributed by atoms with van der Waals surface area (Å²) in [5, 5.41) is 10.5. The van der Waals surface area contributed by atoms with E-state index in [1.165, 1.54) is 0 Å². The molecule has 0 aliphatic carbocycles. The van der Waals surface area contributed by atoms with Gasteiger partial charge in [0, 0.05) is 24.5 Å². The third kappa shape index (κ3) is 5.56. The number of hydrogen-bond acceptors (Lipinski definition) is 6. The topological polar surface area (TPSA) is 89.3 Å². The third-order valence-corrected chi connectivity index (χ3v) is 5.24. The molecular weight excluding hydrogens is 392 g/mol. The zero-order valence-electron chi connectivity index (χ0n) is 17.6. The molecule has 0 saturated carbocycles. The van der Waals surface area contributed by atoms with Gasteiger partial charge in [-0.2, -0.15) is 4.98 Å². The number of carbonyl (C=O) groups is 1. The largest absolute Gasteiger partial charge is 0.384 e. The fourth-order valence-electron chi connectivity index (χ4n) is 3.50. The first-order valence-electron chi connectivity index (χ1n) is 9.76. The number of nitrogens with zero attached hydrogens (tertiary/aromatic N) is 2. The second-order valence-corrected chi connectivity index (χ2v) is 8.58. The Balaban J connectivity index is 0.00000300. The van der Waals surface area contributed by atoms with E-state index in [2.05, 4.69) is 20.8 Å². The van der Waals surface area contributed by atoms with Gasteiger partial charge in [-0.05, 0) is 38.1 Å². The predicted molar refractivity (Wildman–Crippen MR) is 114 cm³/mol. The molecule has 0 radical (unpaired) electrons. The van der Waals surface area contributed by atoms with Crippen LogP contribution in [-0.2, 0) is 10.2 Å². The van der Waals surface area contributed by atoms with Gasteiger partial charge in [-0.25, -0.2) is 0 Å². The second kappa shape index (κ2) is 9.69. The molecule has 1 aliphatic rings. The highest BCUT2D eigenvalue weighted by atomic mass is 35.5. The van der Waals surface area contributed by atoms with Crippen LogP contribution in [0, 0.1) is 5.41 Å². The number of methoxy groups -OCH3 is 1. The summed E-state index contributed by atoms with van der Waals surface area (Å²) in [4.78, 5) is 17.5. The molecule has 0 unspecified atom stereocenters. The average Bonchev–Trinajstić information content (AvgIpc) is 3.18. The van der Waals surface area contributed by atoms with E-state index < -0.39 is 0 Å². The molecule has 29 heavy (non-hydrogen) atoms. The molecule has 2 N–H and O–H groups in total. The number of benzene rings is 1. The molecule has 1 fully saturated rings. The van der Waals surface area contributed by atoms with Gasteiger partial charge in [0.2, 0.25) is 0 Å². The van der Waals surface area contributed by atoms with E-state index in [0.29, 0.717) is 36.0 Å². The quantitative estimate of drug-likeness (QED) is 0.743. The Morgan fingerprint density at radius 2 is 1.97 bits per heavy atom. The molecule has 1 aromatic heterocycles. The van der Waals surface area contributed by atoms with Crippen LogP contribution < -0.4 is 10.6 Å². The Labute approximate surface area is 178 Å². The Hall–Kier alpha value is -1.96. The SMILES string of the molecule is COCC1(CNC(=O)c2ccccc2-c2nc(C(C)(C)C)no2)CCNCC1.Cl. The first-order chi connectivity index (χ1) is 13.3. The summed E-state index contributed by atoms with van der Waals surface area (Å²) in [7, 11) is 1.71. The van der Waals surface area contributed by atoms with Gasteiger partial charge >= 0.3 is 0 Å². The van der Waals surface area contributed by atoms with Crippen molar-refractivity contribution in [1.29, 1.82) is 0 Å². The number of aromatic nitrogens is 2. The normalized spacial score (nSPS) is 16.1. The van der Waals surface area contributed by atoms with Crippen LogP contribution in [0.15, 0.2) is 28.8 Å². The molecule has 0 bridgehead atoms. The minimum Gasteiger partial charge on any atom is -0.384 e. The fraction of sp³-hybridized carbons (Fsp3) is 0.571. The van der Waals surface area contributed by atoms with E-state index in [1.54, 1.807) is 13.2 Å². The van der Waals surface area contributed by atoms with E-state index in [0.717, 1.165) is 25.9 Å². The van der Waals surface area contributed by atoms with Crippen LogP contribution in [0.3, 0.4) is 0 Å². The molecule has 3 rings (SSSR count). The summed E-state index contributed by atoms with van der Waals surface area (Å²) in [5.74, 6) is 0.843. The van der Waals surface area contributed by atoms with Crippen molar-refractivity contribution >= 4 is 18.3 Å². The highest BCUT2D eigenvalue weighted by Gasteiger charge is 2.33. The van der Waals surface area contributed by atoms with Gasteiger partial charge in [0.15, 0.2) is 5.82 Å². The van der Waals surface area contributed by atoms with Crippen LogP contribution in [0.2, 0.25) is 0 Å². The van der Waals surface area contributed by atoms with E-state index in [-0.39, 0.29) is 29.1 Å². The second-order valence-electron chi connectivity index (χ2n) is 8.58. The minimum absolute atomic E-state index is 0. The molecule has 0 spiro atoms. The van der Waals surface area contributed by atoms with Crippen LogP contribution >= 0.6 is 12.4 Å². The number of rotatable bonds is 6. The minimum atomic E-state index is -0.222. The molecular formula is C21H31ClN4O3. The van der Waals surface area contributed by atoms with Crippen molar-refractivity contribution in [1.82, 2.24) is 20.8 Å². The van der Waals surface area contributed by atoms with E-state index in [1.807, 2.05) is 39.0 Å². The van der Waals surface area contributed by atoms with Crippen molar-refractivity contribution in [3.05, 3.63) is 35.7 Å². The molecule has 1 aromatic carbocycles. The maximum Gasteiger partial charge on any atom is 0.258 e. The van der Waals surface area contributed by atoms with Crippen LogP contribution in [-0.4, -0.2) is 49.4 Å². The molecule has 1 aliphatic heterocycles. The lowest BCUT2D eigenvalue weighted by Crippen LogP contribution is -2.47. The van der Waals surface area contributed by atoms with Crippen molar-refractivity contribution in [2.24, 2.45) is 5.41 Å². The summed E-state index contributed by atoms with van der Waals surface area (Å²) >= 11 is 0. The Kier molecular flexibility index (Phi) is 7.80. The lowest BCUT2D eigenvalue weighted by Gasteiger charge is -2.37. The lowest BCUT2D eigenvalue weighted by atomic mass is 9.79. The highest BCUT2D eigenvalue weighted by Crippen LogP contribution is 2.29. The standard InChI is InChI=1S/C21H30N4O3.ClH/c1-20(2,3)19-24-18(28-25-19)16-8-6-5-7-15(16)17(26)23-13-21(14-27-4)9-11-22-12-10-21;/h5-8,22H,9-14H2,1-4H3,(H,23,26);1H. The smallest absolute Gasteiger partial charge is 0.258 e. The van der Waals surface area contributed by atoms with Gasteiger partial charge in [0.25, 0.3) is 11.8 Å². The van der Waals surface area contributed by atoms with E-state index in [9.17, 15) is 4.79 Å². The van der Waals surface area contributed by atoms with E-state index >= 15 is 0 Å². The van der Waals surface area contributed by atoms with Crippen LogP contribution in [0.5, 0.6) is 0 Å². The monoisotopic (exact) mass is 422 g/mol. The van der Waals surface area contributed by atoms with Gasteiger partial charge in [0.1, 0.15) is 0 Å². The van der Waals surface area contributed by atoms with Gasteiger partial charge in [-0.15, -0.1) is 12.4 Å². The summed E-state index contributed by atoms with van der Waals surface area (Å²) < 4.78 is 10.9. The molecule has 1 amide bonds. The van der Waals surface area contributed by atoms with Gasteiger partial charge in [0.05, 0.1) is 17.7 Å². The number of ether oxygens (including phenoxy) is 1. The van der Waals surface area contributed by atoms with E-state index in [4.69, 9.17) is 9.26 Å². The van der Waals surface area contributed by atoms with Crippen molar-refractivity contribution in [2.75, 3.05) is 33.4 Å². The molecule has 1 saturated heterocycles. The van der Waals surface area contributed by atoms with Crippen molar-refractivity contribution in [2.45, 2.75) is 39.0 Å². The van der Waals surface area contributed by atoms with Crippen molar-refractivity contribution < 1.29 is 14.1 Å². The van der Waals surface area contributed by atoms with Crippen molar-refractivity contribution in [3.8, 4) is 11.5 Å². The van der Waals surface area contributed by atoms with Gasteiger partial charge in [-0.3, -0.25) is 4.79 Å². The maximum absolute atomic E-state index is 13.0. The van der Waals surface area contributed by atoms with Gasteiger partial charge in [-0.1, -0.05) is 38.1 Å². The average molecular weight is 423 g/mol. The first kappa shape index (κ1) is 23.3. The summed E-state index contributed by atoms with van der Waals surface area (Å²) in [6.45, 7) is 9.15.